The lowest BCUT2D eigenvalue weighted by Gasteiger charge is -2.05. The van der Waals surface area contributed by atoms with Gasteiger partial charge in [-0.1, -0.05) is 0 Å². The molecule has 0 unspecified atom stereocenters. The number of anilines is 1. The van der Waals surface area contributed by atoms with Gasteiger partial charge in [-0.25, -0.2) is 0 Å². The summed E-state index contributed by atoms with van der Waals surface area (Å²) in [5, 5.41) is 22.0. The van der Waals surface area contributed by atoms with E-state index in [0.717, 1.165) is 5.56 Å². The summed E-state index contributed by atoms with van der Waals surface area (Å²) >= 11 is 0. The first-order valence-electron chi connectivity index (χ1n) is 7.98. The molecule has 3 heterocycles. The van der Waals surface area contributed by atoms with Crippen LogP contribution < -0.4 is 5.32 Å². The van der Waals surface area contributed by atoms with Gasteiger partial charge in [-0.05, 0) is 29.8 Å². The number of aromatic nitrogens is 5. The van der Waals surface area contributed by atoms with Crippen LogP contribution in [-0.2, 0) is 13.6 Å². The molecule has 4 rings (SSSR count). The Morgan fingerprint density at radius 3 is 2.85 bits per heavy atom. The quantitative estimate of drug-likeness (QED) is 0.589. The maximum atomic E-state index is 12.5. The molecule has 1 aromatic carbocycles. The zero-order valence-electron chi connectivity index (χ0n) is 14.0. The first kappa shape index (κ1) is 15.8. The van der Waals surface area contributed by atoms with E-state index in [4.69, 9.17) is 0 Å². The van der Waals surface area contributed by atoms with Gasteiger partial charge in [0.05, 0.1) is 12.7 Å². The number of aromatic hydroxyl groups is 1. The van der Waals surface area contributed by atoms with Crippen molar-refractivity contribution >= 4 is 22.6 Å². The Hall–Kier alpha value is -3.68. The highest BCUT2D eigenvalue weighted by Crippen LogP contribution is 2.26. The van der Waals surface area contributed by atoms with Crippen molar-refractivity contribution in [1.29, 1.82) is 0 Å². The number of carbonyl (C=O) groups excluding carboxylic acids is 1. The molecule has 0 radical (unpaired) electrons. The van der Waals surface area contributed by atoms with Crippen molar-refractivity contribution in [3.8, 4) is 5.75 Å². The lowest BCUT2D eigenvalue weighted by Crippen LogP contribution is -2.13. The number of phenolic OH excluding ortho intramolecular Hbond substituents is 1. The molecule has 8 heteroatoms. The molecule has 1 amide bonds. The van der Waals surface area contributed by atoms with Crippen LogP contribution in [0.15, 0.2) is 55.1 Å². The summed E-state index contributed by atoms with van der Waals surface area (Å²) in [7, 11) is 1.73. The lowest BCUT2D eigenvalue weighted by atomic mass is 10.1. The van der Waals surface area contributed by atoms with E-state index in [1.54, 1.807) is 53.3 Å². The summed E-state index contributed by atoms with van der Waals surface area (Å²) in [6.45, 7) is 0.584. The van der Waals surface area contributed by atoms with Crippen LogP contribution in [0.5, 0.6) is 5.75 Å². The van der Waals surface area contributed by atoms with Crippen LogP contribution >= 0.6 is 0 Å². The Labute approximate surface area is 148 Å². The summed E-state index contributed by atoms with van der Waals surface area (Å²) in [5.74, 6) is 0.103. The van der Waals surface area contributed by atoms with Crippen molar-refractivity contribution in [1.82, 2.24) is 24.5 Å². The number of aryl methyl sites for hydroxylation is 1. The minimum absolute atomic E-state index is 0.0101. The SMILES string of the molecule is Cn1ncc2cc(C(=O)Nc3ccn(Cc4ccncc4)n3)cc(O)c21. The number of rotatable bonds is 4. The number of nitrogens with zero attached hydrogens (tertiary/aromatic N) is 5. The number of nitrogens with one attached hydrogen (secondary N) is 1. The van der Waals surface area contributed by atoms with E-state index in [9.17, 15) is 9.90 Å². The van der Waals surface area contributed by atoms with Gasteiger partial charge in [0.25, 0.3) is 5.91 Å². The zero-order chi connectivity index (χ0) is 18.1. The van der Waals surface area contributed by atoms with Crippen molar-refractivity contribution in [2.45, 2.75) is 6.54 Å². The number of hydrogen-bond acceptors (Lipinski definition) is 5. The second kappa shape index (κ2) is 6.32. The highest BCUT2D eigenvalue weighted by atomic mass is 16.3. The molecule has 0 atom stereocenters. The van der Waals surface area contributed by atoms with Crippen molar-refractivity contribution in [2.75, 3.05) is 5.32 Å². The number of amides is 1. The molecule has 8 nitrogen and oxygen atoms in total. The predicted octanol–water partition coefficient (Wildman–Crippen LogP) is 2.17. The standard InChI is InChI=1S/C18H16N6O2/c1-23-17-14(10-20-23)8-13(9-15(17)25)18(26)21-16-4-7-24(22-16)11-12-2-5-19-6-3-12/h2-10,25H,11H2,1H3,(H,21,22,26). The van der Waals surface area contributed by atoms with E-state index < -0.39 is 0 Å². The fourth-order valence-corrected chi connectivity index (χ4v) is 2.81. The molecule has 0 spiro atoms. The summed E-state index contributed by atoms with van der Waals surface area (Å²) < 4.78 is 3.29. The van der Waals surface area contributed by atoms with E-state index >= 15 is 0 Å². The third kappa shape index (κ3) is 3.00. The van der Waals surface area contributed by atoms with Gasteiger partial charge < -0.3 is 10.4 Å². The maximum absolute atomic E-state index is 12.5. The largest absolute Gasteiger partial charge is 0.506 e. The van der Waals surface area contributed by atoms with Gasteiger partial charge in [0.15, 0.2) is 5.82 Å². The Kier molecular flexibility index (Phi) is 3.85. The number of phenols is 1. The highest BCUT2D eigenvalue weighted by molar-refractivity contribution is 6.06. The van der Waals surface area contributed by atoms with Crippen molar-refractivity contribution in [2.24, 2.45) is 7.05 Å². The first-order chi connectivity index (χ1) is 12.6. The van der Waals surface area contributed by atoms with Crippen LogP contribution in [-0.4, -0.2) is 35.6 Å². The molecular weight excluding hydrogens is 332 g/mol. The molecule has 4 aromatic rings. The molecule has 2 N–H and O–H groups in total. The number of pyridine rings is 1. The molecule has 0 saturated carbocycles. The Morgan fingerprint density at radius 2 is 2.04 bits per heavy atom. The number of benzene rings is 1. The normalized spacial score (nSPS) is 11.0. The minimum Gasteiger partial charge on any atom is -0.506 e. The van der Waals surface area contributed by atoms with Crippen LogP contribution in [0.4, 0.5) is 5.82 Å². The number of carbonyl (C=O) groups is 1. The van der Waals surface area contributed by atoms with Gasteiger partial charge in [0.1, 0.15) is 11.3 Å². The van der Waals surface area contributed by atoms with E-state index in [-0.39, 0.29) is 11.7 Å². The topological polar surface area (TPSA) is 97.9 Å². The molecule has 26 heavy (non-hydrogen) atoms. The van der Waals surface area contributed by atoms with Gasteiger partial charge in [-0.15, -0.1) is 0 Å². The third-order valence-electron chi connectivity index (χ3n) is 4.05. The predicted molar refractivity (Wildman–Crippen MR) is 95.9 cm³/mol. The van der Waals surface area contributed by atoms with E-state index in [1.807, 2.05) is 12.1 Å². The van der Waals surface area contributed by atoms with Crippen LogP contribution in [0.1, 0.15) is 15.9 Å². The Balaban J connectivity index is 1.52. The van der Waals surface area contributed by atoms with Crippen LogP contribution in [0.3, 0.4) is 0 Å². The smallest absolute Gasteiger partial charge is 0.257 e. The Bertz CT molecular complexity index is 1080. The molecule has 0 aliphatic carbocycles. The molecule has 0 aliphatic heterocycles. The maximum Gasteiger partial charge on any atom is 0.257 e. The van der Waals surface area contributed by atoms with Crippen molar-refractivity contribution < 1.29 is 9.90 Å². The average molecular weight is 348 g/mol. The monoisotopic (exact) mass is 348 g/mol. The second-order valence-electron chi connectivity index (χ2n) is 5.91. The van der Waals surface area contributed by atoms with E-state index in [0.29, 0.717) is 28.8 Å². The molecule has 0 aliphatic rings. The van der Waals surface area contributed by atoms with Crippen molar-refractivity contribution in [3.63, 3.8) is 0 Å². The molecule has 3 aromatic heterocycles. The fraction of sp³-hybridized carbons (Fsp3) is 0.111. The van der Waals surface area contributed by atoms with Gasteiger partial charge in [-0.3, -0.25) is 19.1 Å². The Morgan fingerprint density at radius 1 is 1.23 bits per heavy atom. The third-order valence-corrected chi connectivity index (χ3v) is 4.05. The first-order valence-corrected chi connectivity index (χ1v) is 7.98. The van der Waals surface area contributed by atoms with Crippen molar-refractivity contribution in [3.05, 3.63) is 66.2 Å². The van der Waals surface area contributed by atoms with Gasteiger partial charge in [-0.2, -0.15) is 10.2 Å². The summed E-state index contributed by atoms with van der Waals surface area (Å²) in [5.41, 5.74) is 1.99. The van der Waals surface area contributed by atoms with Crippen LogP contribution in [0, 0.1) is 0 Å². The summed E-state index contributed by atoms with van der Waals surface area (Å²) in [6.07, 6.45) is 6.85. The number of fused-ring (bicyclic) bond motifs is 1. The van der Waals surface area contributed by atoms with Gasteiger partial charge >= 0.3 is 0 Å². The molecular formula is C18H16N6O2. The fourth-order valence-electron chi connectivity index (χ4n) is 2.81. The van der Waals surface area contributed by atoms with E-state index in [2.05, 4.69) is 20.5 Å². The summed E-state index contributed by atoms with van der Waals surface area (Å²) in [4.78, 5) is 16.5. The summed E-state index contributed by atoms with van der Waals surface area (Å²) in [6, 6.07) is 8.65. The zero-order valence-corrected chi connectivity index (χ0v) is 14.0. The molecule has 0 saturated heterocycles. The van der Waals surface area contributed by atoms with Gasteiger partial charge in [0.2, 0.25) is 0 Å². The molecule has 0 fully saturated rings. The molecule has 130 valence electrons. The average Bonchev–Trinajstić information content (AvgIpc) is 3.22. The number of hydrogen-bond donors (Lipinski definition) is 2. The van der Waals surface area contributed by atoms with Crippen LogP contribution in [0.25, 0.3) is 10.9 Å². The second-order valence-corrected chi connectivity index (χ2v) is 5.91. The highest BCUT2D eigenvalue weighted by Gasteiger charge is 2.14. The lowest BCUT2D eigenvalue weighted by molar-refractivity contribution is 0.102. The van der Waals surface area contributed by atoms with Gasteiger partial charge in [0, 0.05) is 42.7 Å². The minimum atomic E-state index is -0.347. The van der Waals surface area contributed by atoms with E-state index in [1.165, 1.54) is 6.07 Å². The van der Waals surface area contributed by atoms with Crippen LogP contribution in [0.2, 0.25) is 0 Å². The molecule has 0 bridgehead atoms.